The molecule has 0 heterocycles. The first-order valence-electron chi connectivity index (χ1n) is 7.23. The van der Waals surface area contributed by atoms with Crippen LogP contribution in [0.25, 0.3) is 0 Å². The van der Waals surface area contributed by atoms with Gasteiger partial charge >= 0.3 is 0 Å². The van der Waals surface area contributed by atoms with E-state index in [0.29, 0.717) is 9.52 Å². The molecule has 0 aliphatic heterocycles. The summed E-state index contributed by atoms with van der Waals surface area (Å²) in [7, 11) is 0.703. The maximum Gasteiger partial charge on any atom is 0.0988 e. The van der Waals surface area contributed by atoms with Gasteiger partial charge in [0.05, 0.1) is 9.52 Å². The first-order chi connectivity index (χ1) is 10.3. The summed E-state index contributed by atoms with van der Waals surface area (Å²) in [6.45, 7) is 2.35. The number of rotatable bonds is 4. The summed E-state index contributed by atoms with van der Waals surface area (Å²) in [5.41, 5.74) is 2.75. The fraction of sp³-hybridized carbons (Fsp3) is 0.100. The maximum absolute atomic E-state index is 2.35. The number of hydrogen-bond donors (Lipinski definition) is 0. The Hall–Kier alpha value is -2.12. The van der Waals surface area contributed by atoms with E-state index in [2.05, 4.69) is 97.9 Å². The molecule has 0 amide bonds. The second-order valence-electron chi connectivity index (χ2n) is 5.35. The van der Waals surface area contributed by atoms with Crippen LogP contribution in [-0.2, 0) is 5.04 Å². The van der Waals surface area contributed by atoms with Crippen molar-refractivity contribution in [3.05, 3.63) is 102 Å². The largest absolute Gasteiger partial charge is 0.0988 e. The summed E-state index contributed by atoms with van der Waals surface area (Å²) in [5.74, 6) is 0. The van der Waals surface area contributed by atoms with Crippen LogP contribution >= 0.6 is 0 Å². The van der Waals surface area contributed by atoms with Gasteiger partial charge in [-0.05, 0) is 11.1 Å². The van der Waals surface area contributed by atoms with Crippen molar-refractivity contribution >= 4 is 14.7 Å². The molecule has 102 valence electrons. The molecule has 0 aliphatic carbocycles. The topological polar surface area (TPSA) is 0 Å². The molecule has 3 rings (SSSR count). The van der Waals surface area contributed by atoms with Crippen molar-refractivity contribution in [1.29, 1.82) is 0 Å². The molecule has 0 atom stereocenters. The van der Waals surface area contributed by atoms with Crippen LogP contribution in [-0.4, -0.2) is 9.52 Å². The van der Waals surface area contributed by atoms with E-state index in [9.17, 15) is 0 Å². The second-order valence-corrected chi connectivity index (χ2v) is 7.18. The van der Waals surface area contributed by atoms with E-state index in [1.54, 1.807) is 0 Å². The van der Waals surface area contributed by atoms with Crippen molar-refractivity contribution in [2.45, 2.75) is 12.0 Å². The average molecular weight is 286 g/mol. The predicted molar refractivity (Wildman–Crippen MR) is 91.2 cm³/mol. The Morgan fingerprint density at radius 3 is 1.38 bits per heavy atom. The molecule has 1 heteroatoms. The third-order valence-electron chi connectivity index (χ3n) is 3.87. The Morgan fingerprint density at radius 1 is 0.571 bits per heavy atom. The molecule has 0 saturated heterocycles. The van der Waals surface area contributed by atoms with Gasteiger partial charge in [-0.3, -0.25) is 0 Å². The van der Waals surface area contributed by atoms with Gasteiger partial charge < -0.3 is 0 Å². The van der Waals surface area contributed by atoms with Crippen molar-refractivity contribution in [3.8, 4) is 0 Å². The highest BCUT2D eigenvalue weighted by Gasteiger charge is 2.29. The van der Waals surface area contributed by atoms with E-state index in [4.69, 9.17) is 0 Å². The molecule has 3 aromatic rings. The van der Waals surface area contributed by atoms with Gasteiger partial charge in [-0.2, -0.15) is 0 Å². The van der Waals surface area contributed by atoms with Gasteiger partial charge in [0.1, 0.15) is 0 Å². The summed E-state index contributed by atoms with van der Waals surface area (Å²) in [6, 6.07) is 32.4. The highest BCUT2D eigenvalue weighted by Crippen LogP contribution is 2.30. The maximum atomic E-state index is 2.35. The van der Waals surface area contributed by atoms with Crippen LogP contribution in [0.3, 0.4) is 0 Å². The highest BCUT2D eigenvalue weighted by atomic mass is 28.2. The Kier molecular flexibility index (Phi) is 4.02. The Labute approximate surface area is 129 Å². The van der Waals surface area contributed by atoms with Gasteiger partial charge in [0.2, 0.25) is 0 Å². The van der Waals surface area contributed by atoms with Crippen LogP contribution in [0.1, 0.15) is 18.1 Å². The van der Waals surface area contributed by atoms with Crippen molar-refractivity contribution in [1.82, 2.24) is 0 Å². The van der Waals surface area contributed by atoms with Crippen molar-refractivity contribution in [2.24, 2.45) is 0 Å². The molecule has 0 bridgehead atoms. The van der Waals surface area contributed by atoms with E-state index in [0.717, 1.165) is 0 Å². The van der Waals surface area contributed by atoms with Gasteiger partial charge in [0, 0.05) is 5.04 Å². The highest BCUT2D eigenvalue weighted by molar-refractivity contribution is 6.57. The van der Waals surface area contributed by atoms with E-state index in [1.807, 2.05) is 0 Å². The lowest BCUT2D eigenvalue weighted by Gasteiger charge is -2.30. The van der Waals surface area contributed by atoms with Gasteiger partial charge in [-0.25, -0.2) is 0 Å². The lowest BCUT2D eigenvalue weighted by Crippen LogP contribution is -2.38. The lowest BCUT2D eigenvalue weighted by atomic mass is 9.92. The zero-order chi connectivity index (χ0) is 14.5. The predicted octanol–water partition coefficient (Wildman–Crippen LogP) is 3.98. The van der Waals surface area contributed by atoms with Crippen LogP contribution in [0.4, 0.5) is 0 Å². The monoisotopic (exact) mass is 286 g/mol. The Balaban J connectivity index is 2.07. The summed E-state index contributed by atoms with van der Waals surface area (Å²) in [6.07, 6.45) is 0. The van der Waals surface area contributed by atoms with Crippen LogP contribution in [0, 0.1) is 0 Å². The van der Waals surface area contributed by atoms with Crippen LogP contribution < -0.4 is 5.19 Å². The minimum absolute atomic E-state index is 0.0177. The molecule has 0 aromatic heterocycles. The minimum atomic E-state index is 0.0177. The minimum Gasteiger partial charge on any atom is -0.0635 e. The fourth-order valence-corrected chi connectivity index (χ4v) is 4.22. The average Bonchev–Trinajstić information content (AvgIpc) is 2.57. The van der Waals surface area contributed by atoms with Crippen molar-refractivity contribution in [2.75, 3.05) is 0 Å². The Morgan fingerprint density at radius 2 is 0.952 bits per heavy atom. The molecular weight excluding hydrogens is 268 g/mol. The van der Waals surface area contributed by atoms with Gasteiger partial charge in [0.25, 0.3) is 0 Å². The molecule has 3 aromatic carbocycles. The molecule has 0 nitrogen and oxygen atoms in total. The quantitative estimate of drug-likeness (QED) is 0.636. The van der Waals surface area contributed by atoms with Crippen LogP contribution in [0.15, 0.2) is 91.0 Å². The van der Waals surface area contributed by atoms with E-state index >= 15 is 0 Å². The first-order valence-corrected chi connectivity index (χ1v) is 8.23. The van der Waals surface area contributed by atoms with Crippen LogP contribution in [0.2, 0.25) is 0 Å². The molecule has 21 heavy (non-hydrogen) atoms. The number of benzene rings is 3. The third-order valence-corrected chi connectivity index (χ3v) is 5.57. The zero-order valence-corrected chi connectivity index (χ0v) is 13.2. The first kappa shape index (κ1) is 13.8. The number of hydrogen-bond acceptors (Lipinski definition) is 0. The summed E-state index contributed by atoms with van der Waals surface area (Å²) >= 11 is 0. The molecule has 0 saturated carbocycles. The molecular formula is C20H18Si. The SMILES string of the molecule is CC([Si]c1ccccc1)(c1ccccc1)c1ccccc1. The molecule has 0 spiro atoms. The summed E-state index contributed by atoms with van der Waals surface area (Å²) in [5, 5.41) is 1.41. The van der Waals surface area contributed by atoms with E-state index in [-0.39, 0.29) is 5.04 Å². The Bertz CT molecular complexity index is 635. The van der Waals surface area contributed by atoms with Crippen LogP contribution in [0.5, 0.6) is 0 Å². The second kappa shape index (κ2) is 6.11. The van der Waals surface area contributed by atoms with Gasteiger partial charge in [0.15, 0.2) is 0 Å². The van der Waals surface area contributed by atoms with E-state index < -0.39 is 0 Å². The normalized spacial score (nSPS) is 11.3. The van der Waals surface area contributed by atoms with Gasteiger partial charge in [-0.1, -0.05) is 103 Å². The smallest absolute Gasteiger partial charge is 0.0635 e. The molecule has 0 N–H and O–H groups in total. The standard InChI is InChI=1S/C20H18Si/c1-20(17-11-5-2-6-12-17,18-13-7-3-8-14-18)21-19-15-9-4-10-16-19/h2-16H,1H3. The molecule has 2 radical (unpaired) electrons. The van der Waals surface area contributed by atoms with Gasteiger partial charge in [-0.15, -0.1) is 0 Å². The third kappa shape index (κ3) is 2.98. The zero-order valence-electron chi connectivity index (χ0n) is 12.2. The fourth-order valence-electron chi connectivity index (χ4n) is 2.66. The molecule has 0 aliphatic rings. The van der Waals surface area contributed by atoms with E-state index in [1.165, 1.54) is 16.3 Å². The summed E-state index contributed by atoms with van der Waals surface area (Å²) < 4.78 is 0. The lowest BCUT2D eigenvalue weighted by molar-refractivity contribution is 0.812. The summed E-state index contributed by atoms with van der Waals surface area (Å²) in [4.78, 5) is 0. The molecule has 0 unspecified atom stereocenters. The van der Waals surface area contributed by atoms with Crippen molar-refractivity contribution < 1.29 is 0 Å². The van der Waals surface area contributed by atoms with Crippen molar-refractivity contribution in [3.63, 3.8) is 0 Å². The molecule has 0 fully saturated rings.